The first-order valence-corrected chi connectivity index (χ1v) is 15.7. The summed E-state index contributed by atoms with van der Waals surface area (Å²) in [5, 5.41) is 2.59. The molecule has 0 aliphatic carbocycles. The summed E-state index contributed by atoms with van der Waals surface area (Å²) in [6.07, 6.45) is -12.9. The van der Waals surface area contributed by atoms with Crippen LogP contribution < -0.4 is 5.32 Å². The Bertz CT molecular complexity index is 1610. The number of likely N-dealkylation sites (tertiary alicyclic amines) is 1. The van der Waals surface area contributed by atoms with Crippen LogP contribution in [0.15, 0.2) is 78.9 Å². The predicted molar refractivity (Wildman–Crippen MR) is 170 cm³/mol. The molecule has 1 fully saturated rings. The Morgan fingerprint density at radius 2 is 1.44 bits per heavy atom. The van der Waals surface area contributed by atoms with Crippen molar-refractivity contribution in [1.29, 1.82) is 0 Å². The SMILES string of the molecule is C[C@@H](OC[C@@]1(c2ccccc2)CCC(C=O)(NC(=O)OC(C)(C)C)CN1C(=O)OCc1ccccc1)c1cc(C(F)(F)F)cc(C(F)(F)F)c1. The second-order valence-electron chi connectivity index (χ2n) is 13.2. The number of rotatable bonds is 9. The number of piperidine rings is 1. The Hall–Kier alpha value is -4.59. The highest BCUT2D eigenvalue weighted by molar-refractivity contribution is 5.79. The highest BCUT2D eigenvalue weighted by atomic mass is 19.4. The number of nitrogens with one attached hydrogen (secondary N) is 1. The van der Waals surface area contributed by atoms with Crippen LogP contribution in [0.2, 0.25) is 0 Å². The summed E-state index contributed by atoms with van der Waals surface area (Å²) in [4.78, 5) is 40.8. The molecule has 14 heteroatoms. The minimum atomic E-state index is -5.07. The molecule has 1 unspecified atom stereocenters. The van der Waals surface area contributed by atoms with Crippen LogP contribution in [0.25, 0.3) is 0 Å². The maximum absolute atomic E-state index is 14.0. The molecule has 0 spiro atoms. The number of ether oxygens (including phenoxy) is 3. The Balaban J connectivity index is 1.75. The zero-order chi connectivity index (χ0) is 37.0. The van der Waals surface area contributed by atoms with E-state index >= 15 is 0 Å². The van der Waals surface area contributed by atoms with Gasteiger partial charge in [0.15, 0.2) is 0 Å². The topological polar surface area (TPSA) is 94.2 Å². The first-order chi connectivity index (χ1) is 23.3. The molecule has 3 atom stereocenters. The summed E-state index contributed by atoms with van der Waals surface area (Å²) in [5.41, 5.74) is -6.28. The van der Waals surface area contributed by atoms with Crippen LogP contribution in [0.5, 0.6) is 0 Å². The van der Waals surface area contributed by atoms with Gasteiger partial charge in [-0.25, -0.2) is 9.59 Å². The lowest BCUT2D eigenvalue weighted by molar-refractivity contribution is -0.143. The Labute approximate surface area is 285 Å². The zero-order valence-corrected chi connectivity index (χ0v) is 27.9. The second-order valence-corrected chi connectivity index (χ2v) is 13.2. The van der Waals surface area contributed by atoms with Crippen LogP contribution in [-0.4, -0.2) is 47.7 Å². The van der Waals surface area contributed by atoms with E-state index in [1.165, 1.54) is 11.8 Å². The standard InChI is InChI=1S/C36H38F6N2O6/c1-24(26-17-28(35(37,38)39)19-29(18-26)36(40,41)42)49-23-34(27-13-9-6-10-14-27)16-15-33(22-45,43-30(46)50-32(2,3)4)21-44(34)31(47)48-20-25-11-7-5-8-12-25/h5-14,17-19,22,24H,15-16,20-21,23H2,1-4H3,(H,43,46)/t24-,33?,34-/m1/s1. The average molecular weight is 709 g/mol. The summed E-state index contributed by atoms with van der Waals surface area (Å²) in [7, 11) is 0. The first kappa shape index (κ1) is 38.2. The van der Waals surface area contributed by atoms with Gasteiger partial charge in [0.05, 0.1) is 35.9 Å². The normalized spacial score (nSPS) is 20.5. The van der Waals surface area contributed by atoms with E-state index < -0.39 is 77.2 Å². The number of benzene rings is 3. The third-order valence-corrected chi connectivity index (χ3v) is 8.31. The van der Waals surface area contributed by atoms with Crippen molar-refractivity contribution in [3.8, 4) is 0 Å². The molecule has 0 radical (unpaired) electrons. The van der Waals surface area contributed by atoms with E-state index in [2.05, 4.69) is 5.32 Å². The van der Waals surface area contributed by atoms with Crippen molar-refractivity contribution < 1.29 is 54.9 Å². The van der Waals surface area contributed by atoms with E-state index in [1.807, 2.05) is 0 Å². The van der Waals surface area contributed by atoms with Crippen molar-refractivity contribution in [1.82, 2.24) is 10.2 Å². The van der Waals surface area contributed by atoms with Gasteiger partial charge >= 0.3 is 24.5 Å². The molecule has 2 amide bonds. The highest BCUT2D eigenvalue weighted by Crippen LogP contribution is 2.43. The average Bonchev–Trinajstić information content (AvgIpc) is 3.05. The van der Waals surface area contributed by atoms with Crippen molar-refractivity contribution in [3.63, 3.8) is 0 Å². The van der Waals surface area contributed by atoms with Crippen molar-refractivity contribution in [2.24, 2.45) is 0 Å². The van der Waals surface area contributed by atoms with Crippen molar-refractivity contribution in [2.75, 3.05) is 13.2 Å². The number of alkyl carbamates (subject to hydrolysis) is 1. The number of alkyl halides is 6. The lowest BCUT2D eigenvalue weighted by Gasteiger charge is -2.52. The molecule has 1 N–H and O–H groups in total. The van der Waals surface area contributed by atoms with Gasteiger partial charge in [-0.3, -0.25) is 4.90 Å². The van der Waals surface area contributed by atoms with Crippen LogP contribution in [0.1, 0.15) is 74.5 Å². The van der Waals surface area contributed by atoms with Gasteiger partial charge in [0.2, 0.25) is 0 Å². The molecular formula is C36H38F6N2O6. The number of hydrogen-bond acceptors (Lipinski definition) is 6. The Kier molecular flexibility index (Phi) is 11.2. The van der Waals surface area contributed by atoms with Gasteiger partial charge in [-0.15, -0.1) is 0 Å². The molecule has 0 aromatic heterocycles. The van der Waals surface area contributed by atoms with Crippen LogP contribution in [0.4, 0.5) is 35.9 Å². The molecule has 4 rings (SSSR count). The molecular weight excluding hydrogens is 670 g/mol. The molecule has 270 valence electrons. The first-order valence-electron chi connectivity index (χ1n) is 15.7. The Morgan fingerprint density at radius 3 is 1.96 bits per heavy atom. The lowest BCUT2D eigenvalue weighted by Crippen LogP contribution is -2.67. The van der Waals surface area contributed by atoms with Gasteiger partial charge in [0.25, 0.3) is 0 Å². The summed E-state index contributed by atoms with van der Waals surface area (Å²) in [5.74, 6) is 0. The maximum atomic E-state index is 14.0. The van der Waals surface area contributed by atoms with Crippen LogP contribution >= 0.6 is 0 Å². The van der Waals surface area contributed by atoms with E-state index in [0.717, 1.165) is 0 Å². The fourth-order valence-corrected chi connectivity index (χ4v) is 5.70. The third kappa shape index (κ3) is 9.34. The van der Waals surface area contributed by atoms with Gasteiger partial charge in [-0.1, -0.05) is 60.7 Å². The van der Waals surface area contributed by atoms with Crippen LogP contribution in [-0.2, 0) is 43.5 Å². The summed E-state index contributed by atoms with van der Waals surface area (Å²) >= 11 is 0. The highest BCUT2D eigenvalue weighted by Gasteiger charge is 2.53. The van der Waals surface area contributed by atoms with E-state index in [-0.39, 0.29) is 25.5 Å². The molecule has 0 saturated carbocycles. The number of halogens is 6. The van der Waals surface area contributed by atoms with Gasteiger partial charge in [-0.05, 0) is 75.4 Å². The maximum Gasteiger partial charge on any atom is 0.416 e. The third-order valence-electron chi connectivity index (χ3n) is 8.31. The molecule has 3 aromatic rings. The summed E-state index contributed by atoms with van der Waals surface area (Å²) in [6, 6.07) is 18.3. The molecule has 8 nitrogen and oxygen atoms in total. The molecule has 1 aliphatic rings. The molecule has 1 saturated heterocycles. The minimum Gasteiger partial charge on any atom is -0.445 e. The van der Waals surface area contributed by atoms with Crippen molar-refractivity contribution >= 4 is 18.5 Å². The Morgan fingerprint density at radius 1 is 0.880 bits per heavy atom. The van der Waals surface area contributed by atoms with Gasteiger partial charge in [0.1, 0.15) is 24.0 Å². The van der Waals surface area contributed by atoms with Crippen LogP contribution in [0, 0.1) is 0 Å². The van der Waals surface area contributed by atoms with Crippen molar-refractivity contribution in [3.05, 3.63) is 107 Å². The number of amides is 2. The summed E-state index contributed by atoms with van der Waals surface area (Å²) in [6.45, 7) is 5.17. The second kappa shape index (κ2) is 14.7. The largest absolute Gasteiger partial charge is 0.445 e. The van der Waals surface area contributed by atoms with E-state index in [0.29, 0.717) is 29.5 Å². The number of carbonyl (C=O) groups is 3. The molecule has 3 aromatic carbocycles. The zero-order valence-electron chi connectivity index (χ0n) is 27.9. The van der Waals surface area contributed by atoms with Gasteiger partial charge in [0, 0.05) is 0 Å². The lowest BCUT2D eigenvalue weighted by atomic mass is 9.75. The fraction of sp³-hybridized carbons (Fsp3) is 0.417. The smallest absolute Gasteiger partial charge is 0.416 e. The quantitative estimate of drug-likeness (QED) is 0.177. The molecule has 1 aliphatic heterocycles. The molecule has 1 heterocycles. The number of hydrogen-bond donors (Lipinski definition) is 1. The van der Waals surface area contributed by atoms with Gasteiger partial charge < -0.3 is 24.3 Å². The van der Waals surface area contributed by atoms with E-state index in [4.69, 9.17) is 14.2 Å². The molecule has 50 heavy (non-hydrogen) atoms. The summed E-state index contributed by atoms with van der Waals surface area (Å²) < 4.78 is 99.0. The van der Waals surface area contributed by atoms with E-state index in [9.17, 15) is 40.7 Å². The van der Waals surface area contributed by atoms with Crippen molar-refractivity contribution in [2.45, 2.75) is 82.3 Å². The monoisotopic (exact) mass is 708 g/mol. The number of aldehydes is 1. The van der Waals surface area contributed by atoms with Gasteiger partial charge in [-0.2, -0.15) is 26.3 Å². The number of carbonyl (C=O) groups excluding carboxylic acids is 3. The predicted octanol–water partition coefficient (Wildman–Crippen LogP) is 8.59. The number of nitrogens with zero attached hydrogens (tertiary/aromatic N) is 1. The van der Waals surface area contributed by atoms with Crippen LogP contribution in [0.3, 0.4) is 0 Å². The molecule has 0 bridgehead atoms. The minimum absolute atomic E-state index is 0.0317. The fourth-order valence-electron chi connectivity index (χ4n) is 5.70. The van der Waals surface area contributed by atoms with E-state index in [1.54, 1.807) is 81.4 Å².